The zero-order chi connectivity index (χ0) is 20.6. The predicted molar refractivity (Wildman–Crippen MR) is 114 cm³/mol. The van der Waals surface area contributed by atoms with Gasteiger partial charge in [0, 0.05) is 29.0 Å². The number of aliphatic hydroxyl groups is 1. The second-order valence-electron chi connectivity index (χ2n) is 8.71. The van der Waals surface area contributed by atoms with Gasteiger partial charge in [-0.1, -0.05) is 13.0 Å². The lowest BCUT2D eigenvalue weighted by Crippen LogP contribution is -2.21. The van der Waals surface area contributed by atoms with Crippen molar-refractivity contribution in [1.82, 2.24) is 14.8 Å². The van der Waals surface area contributed by atoms with Crippen molar-refractivity contribution in [3.8, 4) is 0 Å². The summed E-state index contributed by atoms with van der Waals surface area (Å²) in [6.45, 7) is 5.73. The molecule has 1 saturated carbocycles. The van der Waals surface area contributed by atoms with Gasteiger partial charge < -0.3 is 10.4 Å². The van der Waals surface area contributed by atoms with Crippen LogP contribution in [0.4, 0.5) is 5.69 Å². The highest BCUT2D eigenvalue weighted by atomic mass is 16.3. The number of hydrogen-bond donors (Lipinski definition) is 2. The molecule has 3 aromatic rings. The van der Waals surface area contributed by atoms with Crippen LogP contribution in [0.15, 0.2) is 42.7 Å². The van der Waals surface area contributed by atoms with E-state index in [1.54, 1.807) is 38.2 Å². The number of pyridine rings is 1. The van der Waals surface area contributed by atoms with Crippen LogP contribution >= 0.6 is 0 Å². The Balaban J connectivity index is 1.69. The van der Waals surface area contributed by atoms with Gasteiger partial charge in [-0.05, 0) is 69.7 Å². The number of carbonyl (C=O) groups is 1. The highest BCUT2D eigenvalue weighted by molar-refractivity contribution is 6.04. The topological polar surface area (TPSA) is 80.0 Å². The number of rotatable bonds is 4. The van der Waals surface area contributed by atoms with Gasteiger partial charge in [0.15, 0.2) is 0 Å². The fourth-order valence-corrected chi connectivity index (χ4v) is 4.08. The number of carbonyl (C=O) groups excluding carboxylic acids is 1. The molecule has 4 rings (SSSR count). The van der Waals surface area contributed by atoms with Crippen LogP contribution in [0.1, 0.15) is 68.5 Å². The van der Waals surface area contributed by atoms with Crippen molar-refractivity contribution < 1.29 is 9.90 Å². The molecule has 29 heavy (non-hydrogen) atoms. The number of benzene rings is 1. The summed E-state index contributed by atoms with van der Waals surface area (Å²) in [5, 5.41) is 19.4. The lowest BCUT2D eigenvalue weighted by Gasteiger charge is -2.26. The van der Waals surface area contributed by atoms with E-state index in [0.29, 0.717) is 23.0 Å². The van der Waals surface area contributed by atoms with Gasteiger partial charge in [0.2, 0.25) is 0 Å². The summed E-state index contributed by atoms with van der Waals surface area (Å²) in [7, 11) is 0. The van der Waals surface area contributed by atoms with E-state index in [1.807, 2.05) is 12.1 Å². The average molecular weight is 393 g/mol. The van der Waals surface area contributed by atoms with Crippen LogP contribution in [0, 0.1) is 5.92 Å². The van der Waals surface area contributed by atoms with Gasteiger partial charge in [0.05, 0.1) is 17.2 Å². The van der Waals surface area contributed by atoms with Crippen LogP contribution in [0.5, 0.6) is 0 Å². The number of nitrogens with one attached hydrogen (secondary N) is 1. The Morgan fingerprint density at radius 3 is 2.62 bits per heavy atom. The maximum Gasteiger partial charge on any atom is 0.274 e. The Kier molecular flexibility index (Phi) is 5.13. The summed E-state index contributed by atoms with van der Waals surface area (Å²) in [6.07, 6.45) is 8.36. The Hall–Kier alpha value is -2.73. The van der Waals surface area contributed by atoms with Crippen molar-refractivity contribution in [2.75, 3.05) is 5.32 Å². The van der Waals surface area contributed by atoms with Gasteiger partial charge in [-0.15, -0.1) is 0 Å². The van der Waals surface area contributed by atoms with Gasteiger partial charge in [-0.2, -0.15) is 5.10 Å². The van der Waals surface area contributed by atoms with E-state index in [-0.39, 0.29) is 5.91 Å². The molecule has 1 aliphatic rings. The zero-order valence-electron chi connectivity index (χ0n) is 17.2. The summed E-state index contributed by atoms with van der Waals surface area (Å²) in [5.41, 5.74) is 1.26. The molecule has 2 N–H and O–H groups in total. The Labute approximate surface area is 171 Å². The zero-order valence-corrected chi connectivity index (χ0v) is 17.2. The number of fused-ring (bicyclic) bond motifs is 1. The number of aromatic nitrogens is 3. The summed E-state index contributed by atoms with van der Waals surface area (Å²) < 4.78 is 2.06. The predicted octanol–water partition coefficient (Wildman–Crippen LogP) is 4.66. The van der Waals surface area contributed by atoms with Gasteiger partial charge in [0.25, 0.3) is 5.91 Å². The first-order valence-corrected chi connectivity index (χ1v) is 10.3. The number of amides is 1. The molecule has 1 aromatic carbocycles. The largest absolute Gasteiger partial charge is 0.386 e. The van der Waals surface area contributed by atoms with Crippen molar-refractivity contribution >= 4 is 22.5 Å². The van der Waals surface area contributed by atoms with E-state index in [9.17, 15) is 9.90 Å². The third kappa shape index (κ3) is 4.17. The van der Waals surface area contributed by atoms with Crippen molar-refractivity contribution in [1.29, 1.82) is 0 Å². The van der Waals surface area contributed by atoms with Crippen LogP contribution in [-0.4, -0.2) is 25.8 Å². The van der Waals surface area contributed by atoms with E-state index in [0.717, 1.165) is 29.7 Å². The molecule has 0 radical (unpaired) electrons. The van der Waals surface area contributed by atoms with Crippen LogP contribution in [0.3, 0.4) is 0 Å². The van der Waals surface area contributed by atoms with Gasteiger partial charge in [-0.25, -0.2) is 0 Å². The summed E-state index contributed by atoms with van der Waals surface area (Å²) in [4.78, 5) is 16.7. The van der Waals surface area contributed by atoms with Crippen LogP contribution in [0.2, 0.25) is 0 Å². The highest BCUT2D eigenvalue weighted by Crippen LogP contribution is 2.35. The van der Waals surface area contributed by atoms with Crippen molar-refractivity contribution in [3.63, 3.8) is 0 Å². The average Bonchev–Trinajstić information content (AvgIpc) is 3.11. The minimum Gasteiger partial charge on any atom is -0.386 e. The van der Waals surface area contributed by atoms with E-state index in [4.69, 9.17) is 5.10 Å². The summed E-state index contributed by atoms with van der Waals surface area (Å²) in [5.74, 6) is 0.482. The molecule has 0 bridgehead atoms. The first-order valence-electron chi connectivity index (χ1n) is 10.3. The standard InChI is InChI=1S/C23H28N4O2/c1-15-7-9-17(10-8-15)27-14-16-12-21(18(23(2,3)29)13-20(16)26-27)25-22(28)19-6-4-5-11-24-19/h4-6,11-15,17,29H,7-10H2,1-3H3,(H,25,28)/t15-,17-. The normalized spacial score (nSPS) is 20.0. The summed E-state index contributed by atoms with van der Waals surface area (Å²) in [6, 6.07) is 9.40. The second kappa shape index (κ2) is 7.59. The molecule has 2 aromatic heterocycles. The number of hydrogen-bond acceptors (Lipinski definition) is 4. The molecule has 2 heterocycles. The maximum atomic E-state index is 12.6. The van der Waals surface area contributed by atoms with Crippen molar-refractivity contribution in [2.45, 2.75) is 58.1 Å². The maximum absolute atomic E-state index is 12.6. The lowest BCUT2D eigenvalue weighted by atomic mass is 9.87. The lowest BCUT2D eigenvalue weighted by molar-refractivity contribution is 0.0793. The highest BCUT2D eigenvalue weighted by Gasteiger charge is 2.25. The van der Waals surface area contributed by atoms with Gasteiger partial charge in [-0.3, -0.25) is 14.5 Å². The van der Waals surface area contributed by atoms with Gasteiger partial charge >= 0.3 is 0 Å². The molecule has 1 fully saturated rings. The third-order valence-corrected chi connectivity index (χ3v) is 5.83. The fourth-order valence-electron chi connectivity index (χ4n) is 4.08. The van der Waals surface area contributed by atoms with E-state index < -0.39 is 5.60 Å². The van der Waals surface area contributed by atoms with Crippen LogP contribution < -0.4 is 5.32 Å². The van der Waals surface area contributed by atoms with E-state index >= 15 is 0 Å². The molecule has 1 aliphatic carbocycles. The number of anilines is 1. The first-order chi connectivity index (χ1) is 13.8. The smallest absolute Gasteiger partial charge is 0.274 e. The SMILES string of the molecule is CC(C)(O)c1cc2nn([C@H]3CC[C@H](C)CC3)cc2cc1NC(=O)c1ccccn1. The minimum atomic E-state index is -1.12. The molecule has 152 valence electrons. The van der Waals surface area contributed by atoms with E-state index in [1.165, 1.54) is 12.8 Å². The first kappa shape index (κ1) is 19.6. The molecule has 1 amide bonds. The molecule has 6 heteroatoms. The molecule has 0 unspecified atom stereocenters. The molecular formula is C23H28N4O2. The fraction of sp³-hybridized carbons (Fsp3) is 0.435. The molecule has 0 atom stereocenters. The third-order valence-electron chi connectivity index (χ3n) is 5.83. The molecule has 6 nitrogen and oxygen atoms in total. The monoisotopic (exact) mass is 392 g/mol. The number of nitrogens with zero attached hydrogens (tertiary/aromatic N) is 3. The minimum absolute atomic E-state index is 0.302. The second-order valence-corrected chi connectivity index (χ2v) is 8.71. The van der Waals surface area contributed by atoms with Crippen LogP contribution in [0.25, 0.3) is 10.9 Å². The van der Waals surface area contributed by atoms with E-state index in [2.05, 4.69) is 28.1 Å². The quantitative estimate of drug-likeness (QED) is 0.677. The molecule has 0 spiro atoms. The van der Waals surface area contributed by atoms with Crippen LogP contribution in [-0.2, 0) is 5.60 Å². The Morgan fingerprint density at radius 1 is 1.21 bits per heavy atom. The Bertz CT molecular complexity index is 1010. The van der Waals surface area contributed by atoms with Gasteiger partial charge in [0.1, 0.15) is 5.69 Å². The van der Waals surface area contributed by atoms with Crippen molar-refractivity contribution in [3.05, 3.63) is 54.0 Å². The molecule has 0 aliphatic heterocycles. The molecular weight excluding hydrogens is 364 g/mol. The Morgan fingerprint density at radius 2 is 1.97 bits per heavy atom. The summed E-state index contributed by atoms with van der Waals surface area (Å²) >= 11 is 0. The molecule has 0 saturated heterocycles. The van der Waals surface area contributed by atoms with Crippen molar-refractivity contribution in [2.24, 2.45) is 5.92 Å².